The number of benzene rings is 1. The van der Waals surface area contributed by atoms with Crippen LogP contribution in [0.2, 0.25) is 0 Å². The maximum atomic E-state index is 10.9. The Morgan fingerprint density at radius 3 is 2.53 bits per heavy atom. The molecule has 0 radical (unpaired) electrons. The molecule has 19 heavy (non-hydrogen) atoms. The summed E-state index contributed by atoms with van der Waals surface area (Å²) in [5.74, 6) is 0. The van der Waals surface area contributed by atoms with Gasteiger partial charge in [-0.15, -0.1) is 0 Å². The highest BCUT2D eigenvalue weighted by molar-refractivity contribution is 7.88. The molecule has 6 nitrogen and oxygen atoms in total. The number of sulfonamides is 1. The third kappa shape index (κ3) is 5.46. The van der Waals surface area contributed by atoms with Crippen LogP contribution in [-0.2, 0) is 10.0 Å². The highest BCUT2D eigenvalue weighted by Crippen LogP contribution is 2.19. The molecule has 0 saturated heterocycles. The zero-order chi connectivity index (χ0) is 14.5. The molecule has 0 fully saturated rings. The summed E-state index contributed by atoms with van der Waals surface area (Å²) < 4.78 is 24.3. The molecule has 0 aliphatic carbocycles. The molecule has 0 aromatic heterocycles. The fourth-order valence-electron chi connectivity index (χ4n) is 1.64. The molecule has 0 aliphatic rings. The van der Waals surface area contributed by atoms with Crippen LogP contribution in [0, 0.1) is 6.92 Å². The third-order valence-electron chi connectivity index (χ3n) is 2.67. The summed E-state index contributed by atoms with van der Waals surface area (Å²) in [6, 6.07) is 5.79. The standard InChI is InChI=1S/C12H22N4O2S/c1-4-16(14-7-8-15-19(3,17)18)11-5-6-12(13)10(2)9-11/h5-6,9,14-15H,4,7-8,13H2,1-3H3. The molecule has 108 valence electrons. The molecule has 4 N–H and O–H groups in total. The zero-order valence-electron chi connectivity index (χ0n) is 11.6. The summed E-state index contributed by atoms with van der Waals surface area (Å²) in [6.45, 7) is 5.61. The smallest absolute Gasteiger partial charge is 0.208 e. The predicted molar refractivity (Wildman–Crippen MR) is 79.5 cm³/mol. The molecule has 0 bridgehead atoms. The quantitative estimate of drug-likeness (QED) is 0.385. The molecule has 0 unspecified atom stereocenters. The highest BCUT2D eigenvalue weighted by atomic mass is 32.2. The number of nitrogens with two attached hydrogens (primary N) is 1. The number of aryl methyl sites for hydroxylation is 1. The van der Waals surface area contributed by atoms with Crippen molar-refractivity contribution in [3.63, 3.8) is 0 Å². The van der Waals surface area contributed by atoms with Gasteiger partial charge in [0.25, 0.3) is 0 Å². The van der Waals surface area contributed by atoms with Crippen LogP contribution in [0.3, 0.4) is 0 Å². The Bertz CT molecular complexity index is 516. The number of hydrogen-bond acceptors (Lipinski definition) is 5. The lowest BCUT2D eigenvalue weighted by Crippen LogP contribution is -2.42. The SMILES string of the molecule is CCN(NCCNS(C)(=O)=O)c1ccc(N)c(C)c1. The topological polar surface area (TPSA) is 87.5 Å². The van der Waals surface area contributed by atoms with E-state index in [1.54, 1.807) is 0 Å². The van der Waals surface area contributed by atoms with Crippen molar-refractivity contribution in [3.05, 3.63) is 23.8 Å². The van der Waals surface area contributed by atoms with E-state index in [1.807, 2.05) is 37.1 Å². The summed E-state index contributed by atoms with van der Waals surface area (Å²) in [5.41, 5.74) is 11.7. The summed E-state index contributed by atoms with van der Waals surface area (Å²) in [4.78, 5) is 0. The minimum absolute atomic E-state index is 0.350. The Labute approximate surface area is 115 Å². The van der Waals surface area contributed by atoms with Crippen molar-refractivity contribution < 1.29 is 8.42 Å². The predicted octanol–water partition coefficient (Wildman–Crippen LogP) is 0.457. The normalized spacial score (nSPS) is 11.5. The van der Waals surface area contributed by atoms with Gasteiger partial charge in [-0.3, -0.25) is 0 Å². The number of nitrogens with one attached hydrogen (secondary N) is 2. The molecule has 1 aromatic carbocycles. The molecule has 7 heteroatoms. The van der Waals surface area contributed by atoms with Gasteiger partial charge in [0.15, 0.2) is 0 Å². The lowest BCUT2D eigenvalue weighted by molar-refractivity contribution is 0.577. The van der Waals surface area contributed by atoms with Crippen molar-refractivity contribution in [1.82, 2.24) is 10.1 Å². The maximum Gasteiger partial charge on any atom is 0.208 e. The molecular formula is C12H22N4O2S. The molecule has 0 aliphatic heterocycles. The molecule has 1 aromatic rings. The van der Waals surface area contributed by atoms with Gasteiger partial charge in [0, 0.05) is 25.3 Å². The summed E-state index contributed by atoms with van der Waals surface area (Å²) in [5, 5.41) is 1.95. The van der Waals surface area contributed by atoms with Gasteiger partial charge in [-0.2, -0.15) is 0 Å². The van der Waals surface area contributed by atoms with E-state index in [2.05, 4.69) is 10.1 Å². The second kappa shape index (κ2) is 6.74. The van der Waals surface area contributed by atoms with Gasteiger partial charge in [-0.1, -0.05) is 0 Å². The zero-order valence-corrected chi connectivity index (χ0v) is 12.4. The van der Waals surface area contributed by atoms with Gasteiger partial charge < -0.3 is 10.7 Å². The number of hydrazine groups is 1. The van der Waals surface area contributed by atoms with Crippen LogP contribution in [0.15, 0.2) is 18.2 Å². The molecule has 0 saturated carbocycles. The number of nitrogen functional groups attached to an aromatic ring is 1. The Balaban J connectivity index is 2.56. The highest BCUT2D eigenvalue weighted by Gasteiger charge is 2.05. The maximum absolute atomic E-state index is 10.9. The minimum atomic E-state index is -3.13. The fourth-order valence-corrected chi connectivity index (χ4v) is 2.11. The van der Waals surface area contributed by atoms with E-state index in [9.17, 15) is 8.42 Å². The largest absolute Gasteiger partial charge is 0.399 e. The summed E-state index contributed by atoms with van der Waals surface area (Å²) in [6.07, 6.45) is 1.15. The first-order valence-electron chi connectivity index (χ1n) is 6.15. The molecule has 0 amide bonds. The average molecular weight is 286 g/mol. The van der Waals surface area contributed by atoms with E-state index in [-0.39, 0.29) is 0 Å². The molecule has 0 heterocycles. The molecule has 1 rings (SSSR count). The first-order chi connectivity index (χ1) is 8.83. The van der Waals surface area contributed by atoms with Crippen LogP contribution in [0.25, 0.3) is 0 Å². The lowest BCUT2D eigenvalue weighted by atomic mass is 10.2. The average Bonchev–Trinajstić information content (AvgIpc) is 2.32. The van der Waals surface area contributed by atoms with Gasteiger partial charge >= 0.3 is 0 Å². The van der Waals surface area contributed by atoms with Crippen molar-refractivity contribution in [1.29, 1.82) is 0 Å². The van der Waals surface area contributed by atoms with Gasteiger partial charge in [0.1, 0.15) is 0 Å². The van der Waals surface area contributed by atoms with Crippen LogP contribution >= 0.6 is 0 Å². The Hall–Kier alpha value is -1.31. The number of anilines is 2. The second-order valence-electron chi connectivity index (χ2n) is 4.36. The van der Waals surface area contributed by atoms with Crippen LogP contribution in [-0.4, -0.2) is 34.3 Å². The Kier molecular flexibility index (Phi) is 5.59. The van der Waals surface area contributed by atoms with E-state index in [4.69, 9.17) is 5.73 Å². The van der Waals surface area contributed by atoms with Crippen LogP contribution < -0.4 is 20.9 Å². The molecular weight excluding hydrogens is 264 g/mol. The molecule has 0 atom stereocenters. The van der Waals surface area contributed by atoms with E-state index in [0.29, 0.717) is 13.1 Å². The number of hydrogen-bond donors (Lipinski definition) is 3. The first-order valence-corrected chi connectivity index (χ1v) is 8.04. The van der Waals surface area contributed by atoms with Crippen molar-refractivity contribution in [2.24, 2.45) is 0 Å². The van der Waals surface area contributed by atoms with Gasteiger partial charge in [0.05, 0.1) is 11.9 Å². The van der Waals surface area contributed by atoms with E-state index >= 15 is 0 Å². The number of rotatable bonds is 7. The summed E-state index contributed by atoms with van der Waals surface area (Å²) in [7, 11) is -3.13. The fraction of sp³-hybridized carbons (Fsp3) is 0.500. The first kappa shape index (κ1) is 15.7. The molecule has 0 spiro atoms. The van der Waals surface area contributed by atoms with Gasteiger partial charge in [-0.05, 0) is 37.6 Å². The van der Waals surface area contributed by atoms with Crippen LogP contribution in [0.4, 0.5) is 11.4 Å². The second-order valence-corrected chi connectivity index (χ2v) is 6.19. The Morgan fingerprint density at radius 1 is 1.32 bits per heavy atom. The van der Waals surface area contributed by atoms with Crippen LogP contribution in [0.5, 0.6) is 0 Å². The van der Waals surface area contributed by atoms with Gasteiger partial charge in [-0.25, -0.2) is 18.6 Å². The van der Waals surface area contributed by atoms with Crippen molar-refractivity contribution in [2.75, 3.05) is 36.6 Å². The lowest BCUT2D eigenvalue weighted by Gasteiger charge is -2.24. The van der Waals surface area contributed by atoms with Gasteiger partial charge in [0.2, 0.25) is 10.0 Å². The third-order valence-corrected chi connectivity index (χ3v) is 3.40. The Morgan fingerprint density at radius 2 is 2.00 bits per heavy atom. The van der Waals surface area contributed by atoms with Crippen molar-refractivity contribution in [2.45, 2.75) is 13.8 Å². The van der Waals surface area contributed by atoms with Crippen molar-refractivity contribution >= 4 is 21.4 Å². The van der Waals surface area contributed by atoms with Crippen LogP contribution in [0.1, 0.15) is 12.5 Å². The summed E-state index contributed by atoms with van der Waals surface area (Å²) >= 11 is 0. The van der Waals surface area contributed by atoms with E-state index in [0.717, 1.165) is 29.7 Å². The number of nitrogens with zero attached hydrogens (tertiary/aromatic N) is 1. The van der Waals surface area contributed by atoms with Crippen molar-refractivity contribution in [3.8, 4) is 0 Å². The minimum Gasteiger partial charge on any atom is -0.399 e. The monoisotopic (exact) mass is 286 g/mol. The van der Waals surface area contributed by atoms with E-state index < -0.39 is 10.0 Å². The van der Waals surface area contributed by atoms with E-state index in [1.165, 1.54) is 0 Å².